The van der Waals surface area contributed by atoms with E-state index in [-0.39, 0.29) is 6.29 Å². The third-order valence-corrected chi connectivity index (χ3v) is 3.16. The Morgan fingerprint density at radius 1 is 1.38 bits per heavy atom. The SMILES string of the molecule is CCOC(CCSc1nccn1C)OCC. The van der Waals surface area contributed by atoms with Gasteiger partial charge in [0.25, 0.3) is 0 Å². The number of thioether (sulfide) groups is 1. The zero-order valence-corrected chi connectivity index (χ0v) is 11.0. The lowest BCUT2D eigenvalue weighted by Gasteiger charge is -2.16. The highest BCUT2D eigenvalue weighted by Crippen LogP contribution is 2.17. The monoisotopic (exact) mass is 244 g/mol. The Balaban J connectivity index is 2.24. The molecule has 1 rings (SSSR count). The quantitative estimate of drug-likeness (QED) is 0.519. The molecule has 0 atom stereocenters. The maximum Gasteiger partial charge on any atom is 0.167 e. The van der Waals surface area contributed by atoms with E-state index >= 15 is 0 Å². The third kappa shape index (κ3) is 4.55. The summed E-state index contributed by atoms with van der Waals surface area (Å²) < 4.78 is 13.0. The Morgan fingerprint density at radius 2 is 2.06 bits per heavy atom. The number of aryl methyl sites for hydroxylation is 1. The molecule has 0 aliphatic heterocycles. The zero-order chi connectivity index (χ0) is 11.8. The highest BCUT2D eigenvalue weighted by molar-refractivity contribution is 7.99. The molecule has 0 aromatic carbocycles. The molecule has 1 heterocycles. The average molecular weight is 244 g/mol. The van der Waals surface area contributed by atoms with Crippen LogP contribution < -0.4 is 0 Å². The van der Waals surface area contributed by atoms with Crippen LogP contribution in [0, 0.1) is 0 Å². The summed E-state index contributed by atoms with van der Waals surface area (Å²) in [6, 6.07) is 0. The summed E-state index contributed by atoms with van der Waals surface area (Å²) in [7, 11) is 2.00. The molecule has 0 spiro atoms. The normalized spacial score (nSPS) is 11.2. The van der Waals surface area contributed by atoms with Gasteiger partial charge < -0.3 is 14.0 Å². The first kappa shape index (κ1) is 13.5. The van der Waals surface area contributed by atoms with E-state index in [9.17, 15) is 0 Å². The molecule has 0 radical (unpaired) electrons. The van der Waals surface area contributed by atoms with Crippen LogP contribution in [0.15, 0.2) is 17.6 Å². The van der Waals surface area contributed by atoms with Gasteiger partial charge in [0.1, 0.15) is 0 Å². The molecule has 0 N–H and O–H groups in total. The van der Waals surface area contributed by atoms with Crippen LogP contribution in [0.3, 0.4) is 0 Å². The van der Waals surface area contributed by atoms with Crippen molar-refractivity contribution in [3.05, 3.63) is 12.4 Å². The Bertz CT molecular complexity index is 285. The van der Waals surface area contributed by atoms with E-state index in [2.05, 4.69) is 4.98 Å². The van der Waals surface area contributed by atoms with Gasteiger partial charge in [0.15, 0.2) is 11.4 Å². The van der Waals surface area contributed by atoms with Crippen LogP contribution in [0.2, 0.25) is 0 Å². The van der Waals surface area contributed by atoms with E-state index in [1.165, 1.54) is 0 Å². The molecule has 0 aliphatic carbocycles. The van der Waals surface area contributed by atoms with E-state index in [0.717, 1.165) is 17.3 Å². The highest BCUT2D eigenvalue weighted by atomic mass is 32.2. The summed E-state index contributed by atoms with van der Waals surface area (Å²) >= 11 is 1.73. The molecule has 0 fully saturated rings. The molecular formula is C11H20N2O2S. The largest absolute Gasteiger partial charge is 0.353 e. The van der Waals surface area contributed by atoms with Crippen molar-refractivity contribution in [1.29, 1.82) is 0 Å². The lowest BCUT2D eigenvalue weighted by atomic mass is 10.5. The predicted molar refractivity (Wildman–Crippen MR) is 65.6 cm³/mol. The van der Waals surface area contributed by atoms with Crippen molar-refractivity contribution in [2.24, 2.45) is 7.05 Å². The summed E-state index contributed by atoms with van der Waals surface area (Å²) in [5.41, 5.74) is 0. The van der Waals surface area contributed by atoms with Gasteiger partial charge in [-0.15, -0.1) is 0 Å². The molecular weight excluding hydrogens is 224 g/mol. The maximum absolute atomic E-state index is 5.47. The molecule has 1 aromatic heterocycles. The van der Waals surface area contributed by atoms with Gasteiger partial charge in [0, 0.05) is 44.8 Å². The first-order valence-corrected chi connectivity index (χ1v) is 6.59. The Morgan fingerprint density at radius 3 is 2.56 bits per heavy atom. The number of hydrogen-bond donors (Lipinski definition) is 0. The van der Waals surface area contributed by atoms with Crippen LogP contribution in [-0.2, 0) is 16.5 Å². The van der Waals surface area contributed by atoms with Crippen LogP contribution in [0.25, 0.3) is 0 Å². The van der Waals surface area contributed by atoms with E-state index in [1.807, 2.05) is 37.9 Å². The molecule has 4 nitrogen and oxygen atoms in total. The van der Waals surface area contributed by atoms with Crippen molar-refractivity contribution in [3.63, 3.8) is 0 Å². The minimum absolute atomic E-state index is 0.0808. The summed E-state index contributed by atoms with van der Waals surface area (Å²) in [5.74, 6) is 0.954. The van der Waals surface area contributed by atoms with Crippen molar-refractivity contribution in [2.45, 2.75) is 31.7 Å². The lowest BCUT2D eigenvalue weighted by Crippen LogP contribution is -2.18. The minimum atomic E-state index is -0.0808. The van der Waals surface area contributed by atoms with Crippen molar-refractivity contribution < 1.29 is 9.47 Å². The van der Waals surface area contributed by atoms with Crippen LogP contribution in [0.1, 0.15) is 20.3 Å². The van der Waals surface area contributed by atoms with Crippen molar-refractivity contribution in [1.82, 2.24) is 9.55 Å². The first-order chi connectivity index (χ1) is 7.77. The lowest BCUT2D eigenvalue weighted by molar-refractivity contribution is -0.136. The molecule has 0 unspecified atom stereocenters. The van der Waals surface area contributed by atoms with Gasteiger partial charge in [-0.05, 0) is 13.8 Å². The van der Waals surface area contributed by atoms with Crippen molar-refractivity contribution in [2.75, 3.05) is 19.0 Å². The van der Waals surface area contributed by atoms with Crippen LogP contribution in [0.5, 0.6) is 0 Å². The number of aromatic nitrogens is 2. The number of rotatable bonds is 8. The van der Waals surface area contributed by atoms with E-state index in [4.69, 9.17) is 9.47 Å². The second kappa shape index (κ2) is 7.70. The van der Waals surface area contributed by atoms with Gasteiger partial charge in [-0.1, -0.05) is 11.8 Å². The van der Waals surface area contributed by atoms with Gasteiger partial charge in [0.05, 0.1) is 0 Å². The average Bonchev–Trinajstić information content (AvgIpc) is 2.65. The number of nitrogens with zero attached hydrogens (tertiary/aromatic N) is 2. The van der Waals surface area contributed by atoms with Crippen LogP contribution in [0.4, 0.5) is 0 Å². The van der Waals surface area contributed by atoms with Gasteiger partial charge in [0.2, 0.25) is 0 Å². The summed E-state index contributed by atoms with van der Waals surface area (Å²) in [6.07, 6.45) is 4.57. The molecule has 0 amide bonds. The van der Waals surface area contributed by atoms with E-state index < -0.39 is 0 Å². The summed E-state index contributed by atoms with van der Waals surface area (Å²) in [6.45, 7) is 5.35. The van der Waals surface area contributed by atoms with Gasteiger partial charge in [-0.2, -0.15) is 0 Å². The molecule has 0 bridgehead atoms. The Labute approximate surface area is 101 Å². The minimum Gasteiger partial charge on any atom is -0.353 e. The third-order valence-electron chi connectivity index (χ3n) is 2.07. The second-order valence-corrected chi connectivity index (χ2v) is 4.36. The van der Waals surface area contributed by atoms with E-state index in [0.29, 0.717) is 13.2 Å². The van der Waals surface area contributed by atoms with Crippen LogP contribution in [-0.4, -0.2) is 34.8 Å². The fraction of sp³-hybridized carbons (Fsp3) is 0.727. The summed E-state index contributed by atoms with van der Waals surface area (Å²) in [5, 5.41) is 1.03. The second-order valence-electron chi connectivity index (χ2n) is 3.30. The number of hydrogen-bond acceptors (Lipinski definition) is 4. The maximum atomic E-state index is 5.47. The summed E-state index contributed by atoms with van der Waals surface area (Å²) in [4.78, 5) is 4.25. The Hall–Kier alpha value is -0.520. The molecule has 16 heavy (non-hydrogen) atoms. The smallest absolute Gasteiger partial charge is 0.167 e. The van der Waals surface area contributed by atoms with Crippen molar-refractivity contribution >= 4 is 11.8 Å². The van der Waals surface area contributed by atoms with Gasteiger partial charge >= 0.3 is 0 Å². The predicted octanol–water partition coefficient (Wildman–Crippen LogP) is 2.30. The first-order valence-electron chi connectivity index (χ1n) is 5.61. The topological polar surface area (TPSA) is 36.3 Å². The molecule has 5 heteroatoms. The molecule has 1 aromatic rings. The van der Waals surface area contributed by atoms with Crippen molar-refractivity contribution in [3.8, 4) is 0 Å². The van der Waals surface area contributed by atoms with E-state index in [1.54, 1.807) is 11.8 Å². The number of imidazole rings is 1. The van der Waals surface area contributed by atoms with Gasteiger partial charge in [-0.3, -0.25) is 0 Å². The molecule has 92 valence electrons. The van der Waals surface area contributed by atoms with Gasteiger partial charge in [-0.25, -0.2) is 4.98 Å². The standard InChI is InChI=1S/C11H20N2O2S/c1-4-14-10(15-5-2)6-9-16-11-12-7-8-13(11)3/h7-8,10H,4-6,9H2,1-3H3. The highest BCUT2D eigenvalue weighted by Gasteiger charge is 2.08. The molecule has 0 aliphatic rings. The fourth-order valence-electron chi connectivity index (χ4n) is 1.32. The molecule has 0 saturated carbocycles. The Kier molecular flexibility index (Phi) is 6.52. The molecule has 0 saturated heterocycles. The zero-order valence-electron chi connectivity index (χ0n) is 10.2. The fourth-order valence-corrected chi connectivity index (χ4v) is 2.22. The van der Waals surface area contributed by atoms with Crippen LogP contribution >= 0.6 is 11.8 Å². The number of ether oxygens (including phenoxy) is 2.